The maximum absolute atomic E-state index is 12.9. The van der Waals surface area contributed by atoms with Crippen LogP contribution in [0.25, 0.3) is 10.4 Å². The van der Waals surface area contributed by atoms with Gasteiger partial charge in [0.1, 0.15) is 11.5 Å². The number of methoxy groups -OCH3 is 2. The van der Waals surface area contributed by atoms with Crippen LogP contribution in [0, 0.1) is 0 Å². The third kappa shape index (κ3) is 4.17. The molecule has 0 saturated heterocycles. The molecule has 138 valence electrons. The average molecular weight is 382 g/mol. The lowest BCUT2D eigenvalue weighted by atomic mass is 10.0. The molecule has 0 unspecified atom stereocenters. The second-order valence-electron chi connectivity index (χ2n) is 5.83. The summed E-state index contributed by atoms with van der Waals surface area (Å²) in [6.07, 6.45) is -0.150. The molecule has 0 aliphatic carbocycles. The Morgan fingerprint density at radius 1 is 0.963 bits per heavy atom. The van der Waals surface area contributed by atoms with Crippen LogP contribution in [-0.2, 0) is 11.2 Å². The molecule has 0 saturated carbocycles. The minimum Gasteiger partial charge on any atom is -0.497 e. The Bertz CT molecular complexity index is 972. The van der Waals surface area contributed by atoms with Gasteiger partial charge in [0.15, 0.2) is 0 Å². The van der Waals surface area contributed by atoms with E-state index in [9.17, 15) is 14.7 Å². The molecule has 0 aliphatic rings. The first kappa shape index (κ1) is 18.7. The predicted octanol–water partition coefficient (Wildman–Crippen LogP) is 4.29. The molecule has 0 aliphatic heterocycles. The molecule has 0 amide bonds. The SMILES string of the molecule is COc1ccc(-c2sc(C(=O)c3cccc(OC)c3)cc2CC(=O)O)cc1. The number of thiophene rings is 1. The summed E-state index contributed by atoms with van der Waals surface area (Å²) in [7, 11) is 3.13. The highest BCUT2D eigenvalue weighted by Crippen LogP contribution is 2.35. The highest BCUT2D eigenvalue weighted by Gasteiger charge is 2.19. The van der Waals surface area contributed by atoms with Crippen LogP contribution in [0.1, 0.15) is 20.8 Å². The van der Waals surface area contributed by atoms with Crippen LogP contribution in [0.3, 0.4) is 0 Å². The Labute approximate surface area is 160 Å². The Kier molecular flexibility index (Phi) is 5.57. The molecule has 5 nitrogen and oxygen atoms in total. The van der Waals surface area contributed by atoms with E-state index < -0.39 is 5.97 Å². The van der Waals surface area contributed by atoms with Gasteiger partial charge in [0, 0.05) is 10.4 Å². The first-order valence-electron chi connectivity index (χ1n) is 8.19. The lowest BCUT2D eigenvalue weighted by Gasteiger charge is -2.04. The lowest BCUT2D eigenvalue weighted by Crippen LogP contribution is -2.01. The van der Waals surface area contributed by atoms with E-state index in [0.717, 1.165) is 10.4 Å². The molecule has 1 heterocycles. The van der Waals surface area contributed by atoms with Crippen molar-refractivity contribution in [2.75, 3.05) is 14.2 Å². The quantitative estimate of drug-likeness (QED) is 0.617. The van der Waals surface area contributed by atoms with Crippen LogP contribution in [-0.4, -0.2) is 31.1 Å². The summed E-state index contributed by atoms with van der Waals surface area (Å²) in [5.74, 6) is 0.203. The van der Waals surface area contributed by atoms with E-state index in [1.54, 1.807) is 44.6 Å². The number of benzene rings is 2. The fourth-order valence-electron chi connectivity index (χ4n) is 2.73. The number of rotatable bonds is 7. The summed E-state index contributed by atoms with van der Waals surface area (Å²) in [4.78, 5) is 25.4. The summed E-state index contributed by atoms with van der Waals surface area (Å²) in [6, 6.07) is 15.9. The van der Waals surface area contributed by atoms with Gasteiger partial charge in [-0.25, -0.2) is 0 Å². The van der Waals surface area contributed by atoms with Crippen molar-refractivity contribution < 1.29 is 24.2 Å². The first-order chi connectivity index (χ1) is 13.0. The first-order valence-corrected chi connectivity index (χ1v) is 9.01. The minimum atomic E-state index is -0.942. The van der Waals surface area contributed by atoms with Crippen LogP contribution >= 0.6 is 11.3 Å². The van der Waals surface area contributed by atoms with Crippen molar-refractivity contribution in [3.63, 3.8) is 0 Å². The zero-order valence-electron chi connectivity index (χ0n) is 14.9. The molecule has 1 aromatic heterocycles. The summed E-state index contributed by atoms with van der Waals surface area (Å²) in [6.45, 7) is 0. The van der Waals surface area contributed by atoms with Gasteiger partial charge < -0.3 is 14.6 Å². The molecule has 2 aromatic carbocycles. The van der Waals surface area contributed by atoms with Crippen LogP contribution in [0.2, 0.25) is 0 Å². The topological polar surface area (TPSA) is 72.8 Å². The fraction of sp³-hybridized carbons (Fsp3) is 0.143. The Morgan fingerprint density at radius 2 is 1.67 bits per heavy atom. The standard InChI is InChI=1S/C21H18O5S/c1-25-16-8-6-13(7-9-16)21-15(12-19(22)23)11-18(27-21)20(24)14-4-3-5-17(10-14)26-2/h3-11H,12H2,1-2H3,(H,22,23). The number of ketones is 1. The molecule has 0 fully saturated rings. The number of carboxylic acid groups (broad SMARTS) is 1. The van der Waals surface area contributed by atoms with Crippen molar-refractivity contribution in [3.8, 4) is 21.9 Å². The van der Waals surface area contributed by atoms with Crippen molar-refractivity contribution in [2.45, 2.75) is 6.42 Å². The summed E-state index contributed by atoms with van der Waals surface area (Å²) in [5.41, 5.74) is 1.96. The highest BCUT2D eigenvalue weighted by molar-refractivity contribution is 7.17. The molecule has 0 atom stereocenters. The molecule has 1 N–H and O–H groups in total. The van der Waals surface area contributed by atoms with Crippen LogP contribution in [0.4, 0.5) is 0 Å². The molecule has 0 radical (unpaired) electrons. The molecule has 0 bridgehead atoms. The van der Waals surface area contributed by atoms with E-state index in [0.29, 0.717) is 27.5 Å². The van der Waals surface area contributed by atoms with Gasteiger partial charge in [-0.15, -0.1) is 11.3 Å². The zero-order valence-corrected chi connectivity index (χ0v) is 15.7. The van der Waals surface area contributed by atoms with Crippen molar-refractivity contribution >= 4 is 23.1 Å². The molecule has 3 rings (SSSR count). The minimum absolute atomic E-state index is 0.150. The molecule has 6 heteroatoms. The molecular weight excluding hydrogens is 364 g/mol. The number of carbonyl (C=O) groups is 2. The number of hydrogen-bond donors (Lipinski definition) is 1. The molecule has 27 heavy (non-hydrogen) atoms. The predicted molar refractivity (Wildman–Crippen MR) is 104 cm³/mol. The fourth-order valence-corrected chi connectivity index (χ4v) is 3.88. The van der Waals surface area contributed by atoms with Crippen molar-refractivity contribution in [1.82, 2.24) is 0 Å². The number of hydrogen-bond acceptors (Lipinski definition) is 5. The largest absolute Gasteiger partial charge is 0.497 e. The summed E-state index contributed by atoms with van der Waals surface area (Å²) < 4.78 is 10.3. The van der Waals surface area contributed by atoms with Crippen LogP contribution in [0.15, 0.2) is 54.6 Å². The van der Waals surface area contributed by atoms with Crippen molar-refractivity contribution in [2.24, 2.45) is 0 Å². The van der Waals surface area contributed by atoms with E-state index in [4.69, 9.17) is 9.47 Å². The van der Waals surface area contributed by atoms with E-state index in [-0.39, 0.29) is 12.2 Å². The van der Waals surface area contributed by atoms with Gasteiger partial charge in [-0.3, -0.25) is 9.59 Å². The van der Waals surface area contributed by atoms with E-state index in [1.165, 1.54) is 11.3 Å². The second-order valence-corrected chi connectivity index (χ2v) is 6.88. The maximum atomic E-state index is 12.9. The van der Waals surface area contributed by atoms with Gasteiger partial charge in [-0.05, 0) is 53.6 Å². The summed E-state index contributed by atoms with van der Waals surface area (Å²) >= 11 is 1.29. The van der Waals surface area contributed by atoms with Gasteiger partial charge >= 0.3 is 5.97 Å². The molecule has 3 aromatic rings. The van der Waals surface area contributed by atoms with Crippen LogP contribution in [0.5, 0.6) is 11.5 Å². The van der Waals surface area contributed by atoms with Crippen LogP contribution < -0.4 is 9.47 Å². The lowest BCUT2D eigenvalue weighted by molar-refractivity contribution is -0.136. The number of aliphatic carboxylic acids is 1. The van der Waals surface area contributed by atoms with Gasteiger partial charge in [-0.1, -0.05) is 12.1 Å². The molecule has 0 spiro atoms. The van der Waals surface area contributed by atoms with Gasteiger partial charge in [-0.2, -0.15) is 0 Å². The smallest absolute Gasteiger partial charge is 0.307 e. The number of ether oxygens (including phenoxy) is 2. The van der Waals surface area contributed by atoms with Crippen molar-refractivity contribution in [3.05, 3.63) is 70.6 Å². The zero-order chi connectivity index (χ0) is 19.4. The van der Waals surface area contributed by atoms with E-state index >= 15 is 0 Å². The van der Waals surface area contributed by atoms with E-state index in [2.05, 4.69) is 0 Å². The second kappa shape index (κ2) is 8.05. The normalized spacial score (nSPS) is 10.4. The molecular formula is C21H18O5S. The van der Waals surface area contributed by atoms with Gasteiger partial charge in [0.05, 0.1) is 25.5 Å². The van der Waals surface area contributed by atoms with Crippen molar-refractivity contribution in [1.29, 1.82) is 0 Å². The summed E-state index contributed by atoms with van der Waals surface area (Å²) in [5, 5.41) is 9.24. The Morgan fingerprint density at radius 3 is 2.30 bits per heavy atom. The third-order valence-electron chi connectivity index (χ3n) is 4.06. The third-order valence-corrected chi connectivity index (χ3v) is 5.28. The van der Waals surface area contributed by atoms with Gasteiger partial charge in [0.25, 0.3) is 0 Å². The number of carbonyl (C=O) groups excluding carboxylic acids is 1. The Hall–Kier alpha value is -3.12. The maximum Gasteiger partial charge on any atom is 0.307 e. The monoisotopic (exact) mass is 382 g/mol. The average Bonchev–Trinajstić information content (AvgIpc) is 3.10. The number of carboxylic acids is 1. The van der Waals surface area contributed by atoms with E-state index in [1.807, 2.05) is 24.3 Å². The van der Waals surface area contributed by atoms with Gasteiger partial charge in [0.2, 0.25) is 5.78 Å². The Balaban J connectivity index is 2.02. The highest BCUT2D eigenvalue weighted by atomic mass is 32.1.